The number of nitrogens with one attached hydrogen (secondary N) is 1. The smallest absolute Gasteiger partial charge is 0.249 e. The fourth-order valence-corrected chi connectivity index (χ4v) is 3.99. The monoisotopic (exact) mass is 436 g/mol. The third kappa shape index (κ3) is 4.74. The molecule has 10 heteroatoms. The van der Waals surface area contributed by atoms with Gasteiger partial charge in [-0.2, -0.15) is 4.31 Å². The molecule has 1 N–H and O–H groups in total. The van der Waals surface area contributed by atoms with Crippen molar-refractivity contribution in [3.8, 4) is 10.6 Å². The number of anilines is 1. The van der Waals surface area contributed by atoms with Crippen molar-refractivity contribution in [3.63, 3.8) is 0 Å². The summed E-state index contributed by atoms with van der Waals surface area (Å²) in [7, 11) is -2.24. The minimum Gasteiger partial charge on any atom is -0.299 e. The van der Waals surface area contributed by atoms with E-state index in [9.17, 15) is 13.2 Å². The van der Waals surface area contributed by atoms with Crippen molar-refractivity contribution >= 4 is 44.0 Å². The highest BCUT2D eigenvalue weighted by molar-refractivity contribution is 7.88. The zero-order chi connectivity index (χ0) is 20.3. The molecule has 1 aromatic heterocycles. The topological polar surface area (TPSA) is 92.3 Å². The zero-order valence-electron chi connectivity index (χ0n) is 15.0. The summed E-state index contributed by atoms with van der Waals surface area (Å²) in [5.41, 5.74) is 1.37. The Bertz CT molecular complexity index is 1070. The Morgan fingerprint density at radius 3 is 2.36 bits per heavy atom. The highest BCUT2D eigenvalue weighted by Gasteiger charge is 2.31. The van der Waals surface area contributed by atoms with Gasteiger partial charge in [-0.1, -0.05) is 65.4 Å². The minimum absolute atomic E-state index is 0.276. The Labute approximate surface area is 172 Å². The molecule has 7 nitrogen and oxygen atoms in total. The lowest BCUT2D eigenvalue weighted by molar-refractivity contribution is -0.119. The first-order valence-corrected chi connectivity index (χ1v) is 11.2. The molecule has 1 heterocycles. The van der Waals surface area contributed by atoms with E-state index in [1.54, 1.807) is 54.6 Å². The summed E-state index contributed by atoms with van der Waals surface area (Å²) in [5, 5.41) is 12.2. The van der Waals surface area contributed by atoms with Crippen LogP contribution in [-0.2, 0) is 14.8 Å². The van der Waals surface area contributed by atoms with E-state index in [1.807, 2.05) is 0 Å². The van der Waals surface area contributed by atoms with Crippen LogP contribution in [0, 0.1) is 0 Å². The van der Waals surface area contributed by atoms with Gasteiger partial charge in [-0.05, 0) is 17.7 Å². The lowest BCUT2D eigenvalue weighted by Crippen LogP contribution is -2.38. The number of amides is 1. The third-order valence-electron chi connectivity index (χ3n) is 4.00. The van der Waals surface area contributed by atoms with Crippen LogP contribution in [0.4, 0.5) is 5.13 Å². The van der Waals surface area contributed by atoms with E-state index < -0.39 is 22.0 Å². The van der Waals surface area contributed by atoms with Gasteiger partial charge in [0, 0.05) is 17.6 Å². The number of aromatic nitrogens is 2. The van der Waals surface area contributed by atoms with Crippen molar-refractivity contribution in [2.24, 2.45) is 0 Å². The van der Waals surface area contributed by atoms with Gasteiger partial charge >= 0.3 is 0 Å². The van der Waals surface area contributed by atoms with E-state index in [0.29, 0.717) is 15.6 Å². The number of sulfonamides is 1. The molecule has 0 spiro atoms. The summed E-state index contributed by atoms with van der Waals surface area (Å²) in [6.07, 6.45) is 1.06. The number of hydrogen-bond acceptors (Lipinski definition) is 6. The molecule has 0 saturated heterocycles. The van der Waals surface area contributed by atoms with E-state index in [4.69, 9.17) is 11.6 Å². The van der Waals surface area contributed by atoms with Gasteiger partial charge in [0.15, 0.2) is 0 Å². The highest BCUT2D eigenvalue weighted by Crippen LogP contribution is 2.29. The zero-order valence-corrected chi connectivity index (χ0v) is 17.4. The summed E-state index contributed by atoms with van der Waals surface area (Å²) in [6, 6.07) is 14.7. The van der Waals surface area contributed by atoms with E-state index in [2.05, 4.69) is 15.5 Å². The standard InChI is InChI=1S/C18H17ClN4O3S2/c1-23(28(2,25)26)15(12-6-4-3-5-7-12)16(24)20-18-22-21-17(27-18)13-8-10-14(19)11-9-13/h3-11,15H,1-2H3,(H,20,22,24)/t15-/m0/s1. The Kier molecular flexibility index (Phi) is 6.09. The van der Waals surface area contributed by atoms with Gasteiger partial charge in [0.05, 0.1) is 6.26 Å². The SMILES string of the molecule is CN([C@H](C(=O)Nc1nnc(-c2ccc(Cl)cc2)s1)c1ccccc1)S(C)(=O)=O. The van der Waals surface area contributed by atoms with Gasteiger partial charge in [0.2, 0.25) is 21.1 Å². The first-order valence-electron chi connectivity index (χ1n) is 8.14. The van der Waals surface area contributed by atoms with Gasteiger partial charge in [-0.15, -0.1) is 10.2 Å². The summed E-state index contributed by atoms with van der Waals surface area (Å²) >= 11 is 7.08. The van der Waals surface area contributed by atoms with Gasteiger partial charge in [0.25, 0.3) is 0 Å². The van der Waals surface area contributed by atoms with Crippen molar-refractivity contribution in [1.29, 1.82) is 0 Å². The lowest BCUT2D eigenvalue weighted by Gasteiger charge is -2.25. The van der Waals surface area contributed by atoms with Crippen molar-refractivity contribution in [2.45, 2.75) is 6.04 Å². The van der Waals surface area contributed by atoms with E-state index >= 15 is 0 Å². The first kappa shape index (κ1) is 20.4. The number of likely N-dealkylation sites (N-methyl/N-ethyl adjacent to an activating group) is 1. The van der Waals surface area contributed by atoms with E-state index in [-0.39, 0.29) is 5.13 Å². The van der Waals surface area contributed by atoms with Crippen molar-refractivity contribution in [3.05, 3.63) is 65.2 Å². The maximum atomic E-state index is 12.9. The number of carbonyl (C=O) groups excluding carboxylic acids is 1. The molecule has 3 aromatic rings. The normalized spacial score (nSPS) is 12.7. The van der Waals surface area contributed by atoms with Gasteiger partial charge in [0.1, 0.15) is 11.0 Å². The second-order valence-electron chi connectivity index (χ2n) is 6.00. The number of carbonyl (C=O) groups is 1. The number of benzene rings is 2. The van der Waals surface area contributed by atoms with Crippen LogP contribution >= 0.6 is 22.9 Å². The van der Waals surface area contributed by atoms with Crippen molar-refractivity contribution < 1.29 is 13.2 Å². The van der Waals surface area contributed by atoms with Crippen LogP contribution in [0.2, 0.25) is 5.02 Å². The first-order chi connectivity index (χ1) is 13.3. The Hall–Kier alpha value is -2.33. The maximum absolute atomic E-state index is 12.9. The average molecular weight is 437 g/mol. The Morgan fingerprint density at radius 1 is 1.11 bits per heavy atom. The number of nitrogens with zero attached hydrogens (tertiary/aromatic N) is 3. The van der Waals surface area contributed by atoms with Crippen LogP contribution in [0.15, 0.2) is 54.6 Å². The molecule has 2 aromatic carbocycles. The molecule has 0 radical (unpaired) electrons. The molecule has 0 aliphatic heterocycles. The molecule has 0 unspecified atom stereocenters. The molecule has 3 rings (SSSR count). The highest BCUT2D eigenvalue weighted by atomic mass is 35.5. The largest absolute Gasteiger partial charge is 0.299 e. The summed E-state index contributed by atoms with van der Waals surface area (Å²) in [5.74, 6) is -0.516. The molecule has 0 saturated carbocycles. The van der Waals surface area contributed by atoms with Crippen LogP contribution < -0.4 is 5.32 Å². The molecular weight excluding hydrogens is 420 g/mol. The molecular formula is C18H17ClN4O3S2. The molecule has 0 bridgehead atoms. The second-order valence-corrected chi connectivity index (χ2v) is 9.46. The maximum Gasteiger partial charge on any atom is 0.249 e. The summed E-state index contributed by atoms with van der Waals surface area (Å²) < 4.78 is 25.1. The van der Waals surface area contributed by atoms with Gasteiger partial charge in [-0.3, -0.25) is 10.1 Å². The molecule has 146 valence electrons. The van der Waals surface area contributed by atoms with Gasteiger partial charge in [-0.25, -0.2) is 8.42 Å². The third-order valence-corrected chi connectivity index (χ3v) is 6.39. The van der Waals surface area contributed by atoms with Crippen molar-refractivity contribution in [2.75, 3.05) is 18.6 Å². The van der Waals surface area contributed by atoms with Gasteiger partial charge < -0.3 is 0 Å². The summed E-state index contributed by atoms with van der Waals surface area (Å²) in [6.45, 7) is 0. The number of rotatable bonds is 6. The Morgan fingerprint density at radius 2 is 1.75 bits per heavy atom. The molecule has 0 aliphatic rings. The van der Waals surface area contributed by atoms with Crippen LogP contribution in [0.5, 0.6) is 0 Å². The quantitative estimate of drug-likeness (QED) is 0.639. The second kappa shape index (κ2) is 8.36. The van der Waals surface area contributed by atoms with E-state index in [1.165, 1.54) is 18.4 Å². The van der Waals surface area contributed by atoms with E-state index in [0.717, 1.165) is 16.1 Å². The van der Waals surface area contributed by atoms with Crippen LogP contribution in [0.3, 0.4) is 0 Å². The molecule has 1 atom stereocenters. The molecule has 28 heavy (non-hydrogen) atoms. The summed E-state index contributed by atoms with van der Waals surface area (Å²) in [4.78, 5) is 12.9. The minimum atomic E-state index is -3.60. The molecule has 0 aliphatic carbocycles. The van der Waals surface area contributed by atoms with Crippen LogP contribution in [0.1, 0.15) is 11.6 Å². The van der Waals surface area contributed by atoms with Crippen LogP contribution in [0.25, 0.3) is 10.6 Å². The number of halogens is 1. The predicted octanol–water partition coefficient (Wildman–Crippen LogP) is 3.43. The van der Waals surface area contributed by atoms with Crippen molar-refractivity contribution in [1.82, 2.24) is 14.5 Å². The van der Waals surface area contributed by atoms with Crippen LogP contribution in [-0.4, -0.2) is 42.1 Å². The predicted molar refractivity (Wildman–Crippen MR) is 111 cm³/mol. The fraction of sp³-hybridized carbons (Fsp3) is 0.167. The molecule has 0 fully saturated rings. The number of hydrogen-bond donors (Lipinski definition) is 1. The lowest BCUT2D eigenvalue weighted by atomic mass is 10.1. The fourth-order valence-electron chi connectivity index (χ4n) is 2.51. The average Bonchev–Trinajstić information content (AvgIpc) is 3.11. The Balaban J connectivity index is 1.85. The molecule has 1 amide bonds.